The summed E-state index contributed by atoms with van der Waals surface area (Å²) in [5.41, 5.74) is 0.492. The Balaban J connectivity index is 1.67. The molecule has 146 valence electrons. The quantitative estimate of drug-likeness (QED) is 0.680. The molecule has 0 spiro atoms. The van der Waals surface area contributed by atoms with Crippen LogP contribution < -0.4 is 5.32 Å². The van der Waals surface area contributed by atoms with Crippen LogP contribution in [0.25, 0.3) is 11.5 Å². The molecular formula is C19H27N5O3. The van der Waals surface area contributed by atoms with Crippen LogP contribution in [0.3, 0.4) is 0 Å². The molecule has 3 rings (SSSR count). The Hall–Kier alpha value is -2.51. The summed E-state index contributed by atoms with van der Waals surface area (Å²) >= 11 is 0. The molecule has 0 unspecified atom stereocenters. The fraction of sp³-hybridized carbons (Fsp3) is 0.632. The molecule has 0 radical (unpaired) electrons. The molecule has 1 saturated carbocycles. The van der Waals surface area contributed by atoms with Crippen LogP contribution >= 0.6 is 0 Å². The number of nitrogens with one attached hydrogen (secondary N) is 1. The minimum atomic E-state index is -0.854. The second-order valence-electron chi connectivity index (χ2n) is 7.19. The van der Waals surface area contributed by atoms with Crippen LogP contribution in [0.5, 0.6) is 0 Å². The summed E-state index contributed by atoms with van der Waals surface area (Å²) in [6.07, 6.45) is 12.6. The number of carbonyl (C=O) groups is 1. The second-order valence-corrected chi connectivity index (χ2v) is 7.19. The highest BCUT2D eigenvalue weighted by molar-refractivity contribution is 5.68. The van der Waals surface area contributed by atoms with Gasteiger partial charge >= 0.3 is 5.97 Å². The summed E-state index contributed by atoms with van der Waals surface area (Å²) in [5, 5.41) is 16.2. The molecular weight excluding hydrogens is 346 g/mol. The van der Waals surface area contributed by atoms with Gasteiger partial charge in [-0.2, -0.15) is 4.98 Å². The molecule has 2 heterocycles. The number of rotatable bonds is 9. The number of aliphatic carboxylic acids is 1. The fourth-order valence-electron chi connectivity index (χ4n) is 3.83. The predicted molar refractivity (Wildman–Crippen MR) is 100 cm³/mol. The van der Waals surface area contributed by atoms with Gasteiger partial charge in [0.1, 0.15) is 0 Å². The highest BCUT2D eigenvalue weighted by atomic mass is 16.5. The largest absolute Gasteiger partial charge is 0.481 e. The molecule has 0 aliphatic heterocycles. The maximum absolute atomic E-state index is 11.3. The molecule has 2 N–H and O–H groups in total. The van der Waals surface area contributed by atoms with Crippen molar-refractivity contribution in [3.8, 4) is 11.5 Å². The topological polar surface area (TPSA) is 114 Å². The van der Waals surface area contributed by atoms with E-state index in [2.05, 4.69) is 25.4 Å². The molecule has 1 aliphatic carbocycles. The summed E-state index contributed by atoms with van der Waals surface area (Å²) in [4.78, 5) is 24.2. The maximum Gasteiger partial charge on any atom is 0.304 e. The number of aromatic nitrogens is 4. The number of hydrogen-bond acceptors (Lipinski definition) is 7. The molecule has 2 aromatic heterocycles. The highest BCUT2D eigenvalue weighted by Gasteiger charge is 2.24. The van der Waals surface area contributed by atoms with Gasteiger partial charge in [0.2, 0.25) is 11.7 Å². The zero-order valence-electron chi connectivity index (χ0n) is 15.7. The molecule has 2 aromatic rings. The van der Waals surface area contributed by atoms with E-state index in [9.17, 15) is 9.90 Å². The molecule has 0 amide bonds. The first-order chi connectivity index (χ1) is 13.2. The van der Waals surface area contributed by atoms with Gasteiger partial charge < -0.3 is 14.9 Å². The average molecular weight is 373 g/mol. The normalized spacial score (nSPS) is 16.2. The van der Waals surface area contributed by atoms with E-state index in [1.54, 1.807) is 19.4 Å². The third-order valence-corrected chi connectivity index (χ3v) is 5.25. The van der Waals surface area contributed by atoms with Crippen molar-refractivity contribution in [2.75, 3.05) is 12.4 Å². The number of hydrogen-bond donors (Lipinski definition) is 2. The van der Waals surface area contributed by atoms with Gasteiger partial charge in [0, 0.05) is 25.4 Å². The Bertz CT molecular complexity index is 742. The zero-order chi connectivity index (χ0) is 19.1. The van der Waals surface area contributed by atoms with Crippen molar-refractivity contribution in [3.63, 3.8) is 0 Å². The average Bonchev–Trinajstić information content (AvgIpc) is 3.17. The molecule has 0 aromatic carbocycles. The predicted octanol–water partition coefficient (Wildman–Crippen LogP) is 3.88. The lowest BCUT2D eigenvalue weighted by Crippen LogP contribution is -2.10. The number of nitrogens with zero attached hydrogens (tertiary/aromatic N) is 4. The number of carboxylic acids is 1. The molecule has 8 nitrogen and oxygen atoms in total. The van der Waals surface area contributed by atoms with Gasteiger partial charge in [-0.1, -0.05) is 50.1 Å². The summed E-state index contributed by atoms with van der Waals surface area (Å²) < 4.78 is 5.40. The summed E-state index contributed by atoms with van der Waals surface area (Å²) in [6, 6.07) is 0. The first kappa shape index (κ1) is 19.3. The van der Waals surface area contributed by atoms with E-state index in [0.717, 1.165) is 25.2 Å². The second kappa shape index (κ2) is 9.43. The van der Waals surface area contributed by atoms with Gasteiger partial charge in [-0.15, -0.1) is 0 Å². The van der Waals surface area contributed by atoms with E-state index in [0.29, 0.717) is 23.2 Å². The van der Waals surface area contributed by atoms with E-state index in [1.807, 2.05) is 0 Å². The summed E-state index contributed by atoms with van der Waals surface area (Å²) in [7, 11) is 1.74. The van der Waals surface area contributed by atoms with Gasteiger partial charge in [0.15, 0.2) is 11.5 Å². The third kappa shape index (κ3) is 5.24. The van der Waals surface area contributed by atoms with Crippen molar-refractivity contribution >= 4 is 11.8 Å². The minimum Gasteiger partial charge on any atom is -0.481 e. The lowest BCUT2D eigenvalue weighted by atomic mass is 9.84. The Morgan fingerprint density at radius 1 is 1.30 bits per heavy atom. The van der Waals surface area contributed by atoms with E-state index in [-0.39, 0.29) is 12.3 Å². The smallest absolute Gasteiger partial charge is 0.304 e. The van der Waals surface area contributed by atoms with Gasteiger partial charge in [-0.3, -0.25) is 4.79 Å². The molecule has 1 atom stereocenters. The van der Waals surface area contributed by atoms with Crippen molar-refractivity contribution in [3.05, 3.63) is 18.3 Å². The van der Waals surface area contributed by atoms with Crippen LogP contribution in [0.4, 0.5) is 5.82 Å². The fourth-order valence-corrected chi connectivity index (χ4v) is 3.83. The van der Waals surface area contributed by atoms with Crippen molar-refractivity contribution in [2.45, 2.75) is 63.7 Å². The van der Waals surface area contributed by atoms with E-state index < -0.39 is 5.97 Å². The van der Waals surface area contributed by atoms with E-state index >= 15 is 0 Å². The van der Waals surface area contributed by atoms with Crippen LogP contribution in [0, 0.1) is 5.92 Å². The monoisotopic (exact) mass is 373 g/mol. The van der Waals surface area contributed by atoms with Gasteiger partial charge in [-0.25, -0.2) is 9.97 Å². The molecule has 1 fully saturated rings. The third-order valence-electron chi connectivity index (χ3n) is 5.25. The lowest BCUT2D eigenvalue weighted by molar-refractivity contribution is -0.137. The van der Waals surface area contributed by atoms with Crippen LogP contribution in [0.2, 0.25) is 0 Å². The van der Waals surface area contributed by atoms with Crippen LogP contribution in [0.15, 0.2) is 16.9 Å². The van der Waals surface area contributed by atoms with Crippen molar-refractivity contribution in [1.29, 1.82) is 0 Å². The Labute approximate surface area is 158 Å². The van der Waals surface area contributed by atoms with Crippen LogP contribution in [-0.2, 0) is 4.79 Å². The summed E-state index contributed by atoms with van der Waals surface area (Å²) in [5.74, 6) is 0.890. The number of anilines is 1. The highest BCUT2D eigenvalue weighted by Crippen LogP contribution is 2.32. The first-order valence-electron chi connectivity index (χ1n) is 9.72. The summed E-state index contributed by atoms with van der Waals surface area (Å²) in [6.45, 7) is 0. The lowest BCUT2D eigenvalue weighted by Gasteiger charge is -2.21. The van der Waals surface area contributed by atoms with Gasteiger partial charge in [-0.05, 0) is 12.3 Å². The zero-order valence-corrected chi connectivity index (χ0v) is 15.7. The number of carboxylic acid groups (broad SMARTS) is 1. The van der Waals surface area contributed by atoms with E-state index in [4.69, 9.17) is 4.52 Å². The maximum atomic E-state index is 11.3. The van der Waals surface area contributed by atoms with Crippen LogP contribution in [-0.4, -0.2) is 38.2 Å². The van der Waals surface area contributed by atoms with Gasteiger partial charge in [0.25, 0.3) is 0 Å². The minimum absolute atomic E-state index is 0.00828. The SMILES string of the molecule is CNc1nccnc1-c1noc([C@H](CCCC2CCCCC2)CC(=O)O)n1. The molecule has 27 heavy (non-hydrogen) atoms. The van der Waals surface area contributed by atoms with Crippen molar-refractivity contribution in [1.82, 2.24) is 20.1 Å². The standard InChI is InChI=1S/C19H27N5O3/c1-20-17-16(21-10-11-22-17)18-23-19(27-24-18)14(12-15(25)26)9-5-8-13-6-3-2-4-7-13/h10-11,13-14H,2-9,12H2,1H3,(H,20,22)(H,25,26)/t14-/m1/s1. The molecule has 0 bridgehead atoms. The molecule has 1 aliphatic rings. The first-order valence-corrected chi connectivity index (χ1v) is 9.72. The Kier molecular flexibility index (Phi) is 6.73. The Morgan fingerprint density at radius 2 is 2.07 bits per heavy atom. The van der Waals surface area contributed by atoms with Crippen LogP contribution in [0.1, 0.15) is 69.6 Å². The van der Waals surface area contributed by atoms with Gasteiger partial charge in [0.05, 0.1) is 6.42 Å². The van der Waals surface area contributed by atoms with E-state index in [1.165, 1.54) is 32.1 Å². The Morgan fingerprint density at radius 3 is 2.81 bits per heavy atom. The molecule has 8 heteroatoms. The van der Waals surface area contributed by atoms with Crippen molar-refractivity contribution < 1.29 is 14.4 Å². The van der Waals surface area contributed by atoms with Crippen molar-refractivity contribution in [2.24, 2.45) is 5.92 Å². The molecule has 0 saturated heterocycles.